The first-order valence-corrected chi connectivity index (χ1v) is 7.18. The van der Waals surface area contributed by atoms with Gasteiger partial charge in [0.25, 0.3) is 0 Å². The fraction of sp³-hybridized carbons (Fsp3) is 0.500. The summed E-state index contributed by atoms with van der Waals surface area (Å²) in [4.78, 5) is 22.9. The van der Waals surface area contributed by atoms with E-state index >= 15 is 0 Å². The minimum absolute atomic E-state index is 0.0232. The summed E-state index contributed by atoms with van der Waals surface area (Å²) in [7, 11) is 0. The summed E-state index contributed by atoms with van der Waals surface area (Å²) in [5, 5.41) is 11.6. The van der Waals surface area contributed by atoms with Crippen molar-refractivity contribution in [2.24, 2.45) is 0 Å². The predicted molar refractivity (Wildman–Crippen MR) is 76.6 cm³/mol. The fourth-order valence-electron chi connectivity index (χ4n) is 2.78. The molecule has 0 spiro atoms. The van der Waals surface area contributed by atoms with Crippen molar-refractivity contribution in [1.29, 1.82) is 0 Å². The van der Waals surface area contributed by atoms with Crippen LogP contribution in [0.15, 0.2) is 24.3 Å². The van der Waals surface area contributed by atoms with Gasteiger partial charge < -0.3 is 10.4 Å². The molecule has 0 fully saturated rings. The average Bonchev–Trinajstić information content (AvgIpc) is 2.44. The summed E-state index contributed by atoms with van der Waals surface area (Å²) < 4.78 is 0. The highest BCUT2D eigenvalue weighted by Gasteiger charge is 2.26. The molecule has 4 nitrogen and oxygen atoms in total. The van der Waals surface area contributed by atoms with Crippen LogP contribution in [0.2, 0.25) is 0 Å². The molecule has 1 amide bonds. The van der Waals surface area contributed by atoms with Gasteiger partial charge >= 0.3 is 5.97 Å². The van der Waals surface area contributed by atoms with Gasteiger partial charge in [-0.1, -0.05) is 24.3 Å². The van der Waals surface area contributed by atoms with Crippen molar-refractivity contribution in [2.45, 2.75) is 51.0 Å². The number of aryl methyl sites for hydroxylation is 1. The molecule has 2 N–H and O–H groups in total. The van der Waals surface area contributed by atoms with Gasteiger partial charge in [0.2, 0.25) is 5.91 Å². The van der Waals surface area contributed by atoms with E-state index < -0.39 is 5.97 Å². The number of carbonyl (C=O) groups is 2. The number of hydrogen-bond acceptors (Lipinski definition) is 2. The summed E-state index contributed by atoms with van der Waals surface area (Å²) in [5.41, 5.74) is 2.39. The number of benzene rings is 1. The molecule has 1 aliphatic rings. The van der Waals surface area contributed by atoms with Gasteiger partial charge in [-0.2, -0.15) is 0 Å². The van der Waals surface area contributed by atoms with Crippen LogP contribution in [0.5, 0.6) is 0 Å². The Labute approximate surface area is 119 Å². The summed E-state index contributed by atoms with van der Waals surface area (Å²) >= 11 is 0. The Balaban J connectivity index is 1.98. The molecule has 0 heterocycles. The maximum Gasteiger partial charge on any atom is 0.303 e. The largest absolute Gasteiger partial charge is 0.481 e. The van der Waals surface area contributed by atoms with Crippen molar-refractivity contribution >= 4 is 11.9 Å². The molecule has 0 aliphatic heterocycles. The first kappa shape index (κ1) is 14.6. The SMILES string of the molecule is CC(CCC(=O)O)NC(=O)C1CCCc2ccccc21. The molecule has 2 rings (SSSR count). The third-order valence-electron chi connectivity index (χ3n) is 3.87. The standard InChI is InChI=1S/C16H21NO3/c1-11(9-10-15(18)19)17-16(20)14-8-4-6-12-5-2-3-7-13(12)14/h2-3,5,7,11,14H,4,6,8-10H2,1H3,(H,17,20)(H,18,19). The van der Waals surface area contributed by atoms with Crippen LogP contribution in [0.1, 0.15) is 49.7 Å². The fourth-order valence-corrected chi connectivity index (χ4v) is 2.78. The first-order chi connectivity index (χ1) is 9.58. The lowest BCUT2D eigenvalue weighted by atomic mass is 9.82. The minimum Gasteiger partial charge on any atom is -0.481 e. The molecule has 1 aromatic carbocycles. The van der Waals surface area contributed by atoms with Crippen molar-refractivity contribution < 1.29 is 14.7 Å². The molecule has 0 saturated carbocycles. The number of carboxylic acids is 1. The zero-order valence-corrected chi connectivity index (χ0v) is 11.8. The Morgan fingerprint density at radius 3 is 2.90 bits per heavy atom. The van der Waals surface area contributed by atoms with E-state index in [2.05, 4.69) is 11.4 Å². The Morgan fingerprint density at radius 1 is 1.40 bits per heavy atom. The topological polar surface area (TPSA) is 66.4 Å². The van der Waals surface area contributed by atoms with Crippen LogP contribution in [-0.4, -0.2) is 23.0 Å². The molecule has 0 saturated heterocycles. The number of nitrogens with one attached hydrogen (secondary N) is 1. The van der Waals surface area contributed by atoms with Gasteiger partial charge in [-0.25, -0.2) is 0 Å². The van der Waals surface area contributed by atoms with E-state index in [9.17, 15) is 9.59 Å². The molecule has 0 radical (unpaired) electrons. The predicted octanol–water partition coefficient (Wildman–Crippen LogP) is 2.48. The molecule has 2 unspecified atom stereocenters. The summed E-state index contributed by atoms with van der Waals surface area (Å²) in [6.07, 6.45) is 3.49. The highest BCUT2D eigenvalue weighted by Crippen LogP contribution is 2.31. The van der Waals surface area contributed by atoms with E-state index in [4.69, 9.17) is 5.11 Å². The second-order valence-electron chi connectivity index (χ2n) is 5.49. The van der Waals surface area contributed by atoms with Crippen LogP contribution >= 0.6 is 0 Å². The van der Waals surface area contributed by atoms with Crippen molar-refractivity contribution in [1.82, 2.24) is 5.32 Å². The van der Waals surface area contributed by atoms with Crippen LogP contribution in [0.3, 0.4) is 0 Å². The van der Waals surface area contributed by atoms with Crippen molar-refractivity contribution in [3.8, 4) is 0 Å². The number of amides is 1. The smallest absolute Gasteiger partial charge is 0.303 e. The van der Waals surface area contributed by atoms with Gasteiger partial charge in [0.15, 0.2) is 0 Å². The van der Waals surface area contributed by atoms with Crippen LogP contribution in [-0.2, 0) is 16.0 Å². The van der Waals surface area contributed by atoms with E-state index in [1.807, 2.05) is 25.1 Å². The number of aliphatic carboxylic acids is 1. The number of rotatable bonds is 5. The summed E-state index contributed by atoms with van der Waals surface area (Å²) in [6.45, 7) is 1.86. The quantitative estimate of drug-likeness (QED) is 0.867. The maximum absolute atomic E-state index is 12.4. The van der Waals surface area contributed by atoms with E-state index in [-0.39, 0.29) is 24.3 Å². The van der Waals surface area contributed by atoms with Gasteiger partial charge in [0, 0.05) is 12.5 Å². The maximum atomic E-state index is 12.4. The lowest BCUT2D eigenvalue weighted by molar-refractivity contribution is -0.137. The van der Waals surface area contributed by atoms with Crippen LogP contribution in [0.25, 0.3) is 0 Å². The molecular weight excluding hydrogens is 254 g/mol. The van der Waals surface area contributed by atoms with Crippen LogP contribution < -0.4 is 5.32 Å². The Kier molecular flexibility index (Phi) is 4.77. The Hall–Kier alpha value is -1.84. The molecule has 1 aliphatic carbocycles. The van der Waals surface area contributed by atoms with Gasteiger partial charge in [0.05, 0.1) is 5.92 Å². The van der Waals surface area contributed by atoms with Gasteiger partial charge in [-0.3, -0.25) is 9.59 Å². The van der Waals surface area contributed by atoms with E-state index in [1.165, 1.54) is 5.56 Å². The van der Waals surface area contributed by atoms with Gasteiger partial charge in [-0.05, 0) is 43.7 Å². The van der Waals surface area contributed by atoms with E-state index in [0.717, 1.165) is 24.8 Å². The van der Waals surface area contributed by atoms with Crippen molar-refractivity contribution in [2.75, 3.05) is 0 Å². The number of carbonyl (C=O) groups excluding carboxylic acids is 1. The minimum atomic E-state index is -0.825. The lowest BCUT2D eigenvalue weighted by Crippen LogP contribution is -2.37. The third-order valence-corrected chi connectivity index (χ3v) is 3.87. The molecule has 2 atom stereocenters. The molecule has 108 valence electrons. The molecular formula is C16H21NO3. The molecule has 0 bridgehead atoms. The van der Waals surface area contributed by atoms with Crippen LogP contribution in [0, 0.1) is 0 Å². The molecule has 0 aromatic heterocycles. The molecule has 20 heavy (non-hydrogen) atoms. The third kappa shape index (κ3) is 3.59. The van der Waals surface area contributed by atoms with Gasteiger partial charge in [-0.15, -0.1) is 0 Å². The van der Waals surface area contributed by atoms with Crippen molar-refractivity contribution in [3.05, 3.63) is 35.4 Å². The Morgan fingerprint density at radius 2 is 2.15 bits per heavy atom. The number of carboxylic acid groups (broad SMARTS) is 1. The van der Waals surface area contributed by atoms with Gasteiger partial charge in [0.1, 0.15) is 0 Å². The molecule has 4 heteroatoms. The normalized spacial score (nSPS) is 18.9. The van der Waals surface area contributed by atoms with E-state index in [1.54, 1.807) is 0 Å². The molecule has 1 aromatic rings. The zero-order valence-electron chi connectivity index (χ0n) is 11.8. The lowest BCUT2D eigenvalue weighted by Gasteiger charge is -2.26. The highest BCUT2D eigenvalue weighted by atomic mass is 16.4. The summed E-state index contributed by atoms with van der Waals surface area (Å²) in [6, 6.07) is 7.99. The second kappa shape index (κ2) is 6.55. The first-order valence-electron chi connectivity index (χ1n) is 7.18. The summed E-state index contributed by atoms with van der Waals surface area (Å²) in [5.74, 6) is -0.892. The number of fused-ring (bicyclic) bond motifs is 1. The highest BCUT2D eigenvalue weighted by molar-refractivity contribution is 5.84. The zero-order chi connectivity index (χ0) is 14.5. The monoisotopic (exact) mass is 275 g/mol. The average molecular weight is 275 g/mol. The Bertz CT molecular complexity index is 498. The van der Waals surface area contributed by atoms with E-state index in [0.29, 0.717) is 6.42 Å². The second-order valence-corrected chi connectivity index (χ2v) is 5.49. The number of hydrogen-bond donors (Lipinski definition) is 2. The van der Waals surface area contributed by atoms with Crippen LogP contribution in [0.4, 0.5) is 0 Å². The van der Waals surface area contributed by atoms with Crippen molar-refractivity contribution in [3.63, 3.8) is 0 Å².